The minimum Gasteiger partial charge on any atom is -0.549 e. The average Bonchev–Trinajstić information content (AvgIpc) is 2.43. The van der Waals surface area contributed by atoms with Crippen LogP contribution in [0.1, 0.15) is 64.7 Å². The van der Waals surface area contributed by atoms with Crippen molar-refractivity contribution in [3.63, 3.8) is 0 Å². The third-order valence-corrected chi connectivity index (χ3v) is 3.48. The molecule has 2 N–H and O–H groups in total. The largest absolute Gasteiger partial charge is 0.549 e. The Kier molecular flexibility index (Phi) is 11.3. The van der Waals surface area contributed by atoms with Crippen LogP contribution in [0.4, 0.5) is 0 Å². The molecule has 0 rings (SSSR count). The summed E-state index contributed by atoms with van der Waals surface area (Å²) in [6.07, 6.45) is 7.10. The summed E-state index contributed by atoms with van der Waals surface area (Å²) in [5.74, 6) is -3.63. The van der Waals surface area contributed by atoms with Gasteiger partial charge in [0.25, 0.3) is 0 Å². The molecule has 0 bridgehead atoms. The molecule has 0 amide bonds. The Bertz CT molecular complexity index is 277. The number of carbonyl (C=O) groups is 2. The quantitative estimate of drug-likeness (QED) is 0.386. The lowest BCUT2D eigenvalue weighted by Crippen LogP contribution is -2.42. The third-order valence-electron chi connectivity index (χ3n) is 3.48. The lowest BCUT2D eigenvalue weighted by atomic mass is 9.93. The summed E-state index contributed by atoms with van der Waals surface area (Å²) < 4.78 is 0. The SMILES string of the molecule is CCCCCCCCCCC(C(=O)[O-])C(=O)C(O)CO. The number of carboxylic acid groups (broad SMARTS) is 1. The number of aliphatic carboxylic acids is 1. The van der Waals surface area contributed by atoms with Crippen molar-refractivity contribution in [2.75, 3.05) is 6.61 Å². The molecule has 5 heteroatoms. The summed E-state index contributed by atoms with van der Waals surface area (Å²) in [7, 11) is 0. The van der Waals surface area contributed by atoms with Gasteiger partial charge in [-0.05, 0) is 6.42 Å². The Morgan fingerprint density at radius 3 is 1.95 bits per heavy atom. The van der Waals surface area contributed by atoms with Crippen molar-refractivity contribution in [1.29, 1.82) is 0 Å². The first-order chi connectivity index (χ1) is 9.54. The molecular formula is C15H27O5-. The van der Waals surface area contributed by atoms with Gasteiger partial charge in [0.15, 0.2) is 5.78 Å². The second-order valence-electron chi connectivity index (χ2n) is 5.24. The van der Waals surface area contributed by atoms with Gasteiger partial charge in [0.1, 0.15) is 6.10 Å². The van der Waals surface area contributed by atoms with Crippen LogP contribution in [0.25, 0.3) is 0 Å². The fraction of sp³-hybridized carbons (Fsp3) is 0.867. The molecule has 0 aromatic carbocycles. The van der Waals surface area contributed by atoms with Crippen molar-refractivity contribution in [3.05, 3.63) is 0 Å². The number of rotatable bonds is 13. The number of aliphatic hydroxyl groups is 2. The second kappa shape index (κ2) is 11.9. The van der Waals surface area contributed by atoms with E-state index in [2.05, 4.69) is 6.92 Å². The normalized spacial score (nSPS) is 13.9. The number of hydrogen-bond donors (Lipinski definition) is 2. The summed E-state index contributed by atoms with van der Waals surface area (Å²) in [5.41, 5.74) is 0. The molecule has 0 radical (unpaired) electrons. The van der Waals surface area contributed by atoms with E-state index in [0.717, 1.165) is 19.3 Å². The van der Waals surface area contributed by atoms with Crippen molar-refractivity contribution < 1.29 is 24.9 Å². The van der Waals surface area contributed by atoms with E-state index >= 15 is 0 Å². The first kappa shape index (κ1) is 19.1. The first-order valence-corrected chi connectivity index (χ1v) is 7.58. The Morgan fingerprint density at radius 1 is 1.00 bits per heavy atom. The summed E-state index contributed by atoms with van der Waals surface area (Å²) >= 11 is 0. The highest BCUT2D eigenvalue weighted by atomic mass is 16.4. The zero-order valence-corrected chi connectivity index (χ0v) is 12.3. The molecule has 2 atom stereocenters. The maximum Gasteiger partial charge on any atom is 0.172 e. The van der Waals surface area contributed by atoms with Crippen LogP contribution >= 0.6 is 0 Å². The maximum atomic E-state index is 11.5. The molecule has 0 saturated heterocycles. The monoisotopic (exact) mass is 287 g/mol. The van der Waals surface area contributed by atoms with Crippen LogP contribution in [0.3, 0.4) is 0 Å². The van der Waals surface area contributed by atoms with Crippen molar-refractivity contribution in [2.24, 2.45) is 5.92 Å². The van der Waals surface area contributed by atoms with Crippen LogP contribution in [0.5, 0.6) is 0 Å². The van der Waals surface area contributed by atoms with Crippen molar-refractivity contribution in [2.45, 2.75) is 70.8 Å². The fourth-order valence-electron chi connectivity index (χ4n) is 2.18. The van der Waals surface area contributed by atoms with Gasteiger partial charge in [-0.25, -0.2) is 0 Å². The van der Waals surface area contributed by atoms with Crippen LogP contribution < -0.4 is 5.11 Å². The van der Waals surface area contributed by atoms with Gasteiger partial charge in [-0.3, -0.25) is 4.79 Å². The lowest BCUT2D eigenvalue weighted by molar-refractivity contribution is -0.310. The molecule has 0 aliphatic rings. The van der Waals surface area contributed by atoms with Gasteiger partial charge in [-0.2, -0.15) is 0 Å². The van der Waals surface area contributed by atoms with Gasteiger partial charge in [0.05, 0.1) is 18.5 Å². The Labute approximate surface area is 121 Å². The topological polar surface area (TPSA) is 97.7 Å². The second-order valence-corrected chi connectivity index (χ2v) is 5.24. The van der Waals surface area contributed by atoms with Crippen LogP contribution in [-0.4, -0.2) is 34.7 Å². The van der Waals surface area contributed by atoms with E-state index in [1.54, 1.807) is 0 Å². The molecule has 5 nitrogen and oxygen atoms in total. The highest BCUT2D eigenvalue weighted by Crippen LogP contribution is 2.15. The molecular weight excluding hydrogens is 260 g/mol. The smallest absolute Gasteiger partial charge is 0.172 e. The van der Waals surface area contributed by atoms with E-state index in [4.69, 9.17) is 5.11 Å². The molecule has 0 aliphatic carbocycles. The zero-order valence-electron chi connectivity index (χ0n) is 12.3. The molecule has 0 heterocycles. The lowest BCUT2D eigenvalue weighted by Gasteiger charge is -2.19. The van der Waals surface area contributed by atoms with E-state index in [-0.39, 0.29) is 6.42 Å². The van der Waals surface area contributed by atoms with E-state index in [9.17, 15) is 19.8 Å². The van der Waals surface area contributed by atoms with Crippen molar-refractivity contribution in [1.82, 2.24) is 0 Å². The fourth-order valence-corrected chi connectivity index (χ4v) is 2.18. The minimum atomic E-state index is -1.62. The van der Waals surface area contributed by atoms with Crippen LogP contribution in [0, 0.1) is 5.92 Å². The summed E-state index contributed by atoms with van der Waals surface area (Å²) in [4.78, 5) is 22.4. The number of ketones is 1. The molecule has 0 aromatic rings. The van der Waals surface area contributed by atoms with E-state index in [0.29, 0.717) is 6.42 Å². The van der Waals surface area contributed by atoms with Crippen LogP contribution in [0.15, 0.2) is 0 Å². The molecule has 20 heavy (non-hydrogen) atoms. The Balaban J connectivity index is 3.82. The zero-order chi connectivity index (χ0) is 15.4. The summed E-state index contributed by atoms with van der Waals surface area (Å²) in [6.45, 7) is 1.41. The van der Waals surface area contributed by atoms with Gasteiger partial charge >= 0.3 is 0 Å². The molecule has 118 valence electrons. The predicted octanol–water partition coefficient (Wildman–Crippen LogP) is 0.806. The number of carboxylic acids is 1. The molecule has 0 fully saturated rings. The van der Waals surface area contributed by atoms with Gasteiger partial charge in [-0.1, -0.05) is 58.3 Å². The number of aliphatic hydroxyl groups excluding tert-OH is 2. The molecule has 0 aromatic heterocycles. The van der Waals surface area contributed by atoms with Gasteiger partial charge < -0.3 is 20.1 Å². The number of carbonyl (C=O) groups excluding carboxylic acids is 2. The van der Waals surface area contributed by atoms with Crippen LogP contribution in [0.2, 0.25) is 0 Å². The summed E-state index contributed by atoms with van der Waals surface area (Å²) in [6, 6.07) is 0. The predicted molar refractivity (Wildman–Crippen MR) is 73.8 cm³/mol. The van der Waals surface area contributed by atoms with E-state index in [1.807, 2.05) is 0 Å². The minimum absolute atomic E-state index is 0.174. The van der Waals surface area contributed by atoms with Crippen LogP contribution in [-0.2, 0) is 9.59 Å². The number of Topliss-reactive ketones (excluding diaryl/α,β-unsaturated/α-hetero) is 1. The molecule has 0 spiro atoms. The number of unbranched alkanes of at least 4 members (excludes halogenated alkanes) is 7. The molecule has 0 aliphatic heterocycles. The standard InChI is InChI=1S/C15H28O5/c1-2-3-4-5-6-7-8-9-10-12(15(19)20)14(18)13(17)11-16/h12-13,16-17H,2-11H2,1H3,(H,19,20)/p-1. The maximum absolute atomic E-state index is 11.5. The van der Waals surface area contributed by atoms with E-state index < -0.39 is 30.4 Å². The van der Waals surface area contributed by atoms with E-state index in [1.165, 1.54) is 25.7 Å². The van der Waals surface area contributed by atoms with Crippen molar-refractivity contribution in [3.8, 4) is 0 Å². The van der Waals surface area contributed by atoms with Gasteiger partial charge in [-0.15, -0.1) is 0 Å². The highest BCUT2D eigenvalue weighted by molar-refractivity contribution is 5.99. The Morgan fingerprint density at radius 2 is 1.50 bits per heavy atom. The van der Waals surface area contributed by atoms with Gasteiger partial charge in [0.2, 0.25) is 0 Å². The Hall–Kier alpha value is -0.940. The average molecular weight is 287 g/mol. The summed E-state index contributed by atoms with van der Waals surface area (Å²) in [5, 5.41) is 28.7. The number of hydrogen-bond acceptors (Lipinski definition) is 5. The third kappa shape index (κ3) is 8.27. The van der Waals surface area contributed by atoms with Gasteiger partial charge in [0, 0.05) is 0 Å². The first-order valence-electron chi connectivity index (χ1n) is 7.58. The highest BCUT2D eigenvalue weighted by Gasteiger charge is 2.25. The van der Waals surface area contributed by atoms with Crippen molar-refractivity contribution >= 4 is 11.8 Å². The molecule has 2 unspecified atom stereocenters. The molecule has 0 saturated carbocycles.